The van der Waals surface area contributed by atoms with E-state index in [9.17, 15) is 4.79 Å². The predicted octanol–water partition coefficient (Wildman–Crippen LogP) is 3.10. The predicted molar refractivity (Wildman–Crippen MR) is 97.9 cm³/mol. The van der Waals surface area contributed by atoms with E-state index in [1.165, 1.54) is 22.3 Å². The maximum Gasteiger partial charge on any atom is 0.220 e. The van der Waals surface area contributed by atoms with E-state index in [4.69, 9.17) is 0 Å². The highest BCUT2D eigenvalue weighted by molar-refractivity contribution is 5.76. The smallest absolute Gasteiger partial charge is 0.220 e. The monoisotopic (exact) mass is 322 g/mol. The zero-order valence-electron chi connectivity index (χ0n) is 14.6. The summed E-state index contributed by atoms with van der Waals surface area (Å²) in [5.74, 6) is 0.142. The molecule has 1 amide bonds. The Morgan fingerprint density at radius 1 is 1.12 bits per heavy atom. The standard InChI is InChI=1S/C21H26N2O/c1-16-7-9-17(10-8-16)11-12-21(24)22-14-20-13-18-5-3-4-6-19(18)15-23(20)2/h3-10,20H,11-15H2,1-2H3,(H,22,24)/t20-/m0/s1. The summed E-state index contributed by atoms with van der Waals surface area (Å²) in [6.45, 7) is 3.76. The van der Waals surface area contributed by atoms with Gasteiger partial charge in [-0.2, -0.15) is 0 Å². The molecule has 1 aliphatic rings. The molecule has 1 N–H and O–H groups in total. The first-order valence-electron chi connectivity index (χ1n) is 8.71. The molecule has 3 rings (SSSR count). The Morgan fingerprint density at radius 3 is 2.58 bits per heavy atom. The van der Waals surface area contributed by atoms with Crippen LogP contribution >= 0.6 is 0 Å². The minimum atomic E-state index is 0.142. The Hall–Kier alpha value is -2.13. The van der Waals surface area contributed by atoms with E-state index in [0.29, 0.717) is 12.5 Å². The first-order valence-corrected chi connectivity index (χ1v) is 8.71. The third-order valence-corrected chi connectivity index (χ3v) is 4.91. The van der Waals surface area contributed by atoms with Crippen LogP contribution in [-0.2, 0) is 24.2 Å². The van der Waals surface area contributed by atoms with Crippen molar-refractivity contribution in [2.75, 3.05) is 13.6 Å². The van der Waals surface area contributed by atoms with Gasteiger partial charge in [0.25, 0.3) is 0 Å². The molecule has 0 bridgehead atoms. The second kappa shape index (κ2) is 7.63. The Bertz CT molecular complexity index is 693. The molecule has 0 saturated carbocycles. The fraction of sp³-hybridized carbons (Fsp3) is 0.381. The Kier molecular flexibility index (Phi) is 5.31. The van der Waals surface area contributed by atoms with Crippen LogP contribution in [0.1, 0.15) is 28.7 Å². The van der Waals surface area contributed by atoms with Gasteiger partial charge in [0.2, 0.25) is 5.91 Å². The van der Waals surface area contributed by atoms with Crippen molar-refractivity contribution < 1.29 is 4.79 Å². The lowest BCUT2D eigenvalue weighted by atomic mass is 9.94. The lowest BCUT2D eigenvalue weighted by Crippen LogP contribution is -2.45. The molecule has 0 fully saturated rings. The number of nitrogens with zero attached hydrogens (tertiary/aromatic N) is 1. The second-order valence-electron chi connectivity index (χ2n) is 6.83. The third kappa shape index (κ3) is 4.24. The van der Waals surface area contributed by atoms with Gasteiger partial charge in [-0.05, 0) is 43.5 Å². The van der Waals surface area contributed by atoms with Gasteiger partial charge in [-0.1, -0.05) is 54.1 Å². The molecule has 0 spiro atoms. The Balaban J connectivity index is 1.47. The Morgan fingerprint density at radius 2 is 1.83 bits per heavy atom. The summed E-state index contributed by atoms with van der Waals surface area (Å²) >= 11 is 0. The zero-order chi connectivity index (χ0) is 16.9. The maximum atomic E-state index is 12.1. The molecule has 1 heterocycles. The van der Waals surface area contributed by atoms with Crippen molar-refractivity contribution in [3.63, 3.8) is 0 Å². The lowest BCUT2D eigenvalue weighted by Gasteiger charge is -2.34. The molecule has 0 saturated heterocycles. The average molecular weight is 322 g/mol. The van der Waals surface area contributed by atoms with Crippen molar-refractivity contribution in [3.8, 4) is 0 Å². The number of fused-ring (bicyclic) bond motifs is 1. The van der Waals surface area contributed by atoms with Crippen LogP contribution in [0.5, 0.6) is 0 Å². The van der Waals surface area contributed by atoms with Gasteiger partial charge in [0, 0.05) is 25.6 Å². The van der Waals surface area contributed by atoms with Crippen molar-refractivity contribution in [1.29, 1.82) is 0 Å². The Labute approximate surface area is 144 Å². The van der Waals surface area contributed by atoms with Crippen LogP contribution in [0.25, 0.3) is 0 Å². The van der Waals surface area contributed by atoms with Crippen LogP contribution in [0.15, 0.2) is 48.5 Å². The van der Waals surface area contributed by atoms with Gasteiger partial charge in [-0.25, -0.2) is 0 Å². The fourth-order valence-corrected chi connectivity index (χ4v) is 3.28. The number of hydrogen-bond acceptors (Lipinski definition) is 2. The normalized spacial score (nSPS) is 17.3. The number of amides is 1. The van der Waals surface area contributed by atoms with Gasteiger partial charge in [-0.15, -0.1) is 0 Å². The van der Waals surface area contributed by atoms with E-state index >= 15 is 0 Å². The van der Waals surface area contributed by atoms with Crippen molar-refractivity contribution in [2.24, 2.45) is 0 Å². The van der Waals surface area contributed by atoms with Crippen molar-refractivity contribution in [1.82, 2.24) is 10.2 Å². The highest BCUT2D eigenvalue weighted by atomic mass is 16.1. The summed E-state index contributed by atoms with van der Waals surface area (Å²) in [5.41, 5.74) is 5.29. The number of carbonyl (C=O) groups is 1. The van der Waals surface area contributed by atoms with E-state index in [1.807, 2.05) is 0 Å². The van der Waals surface area contributed by atoms with E-state index < -0.39 is 0 Å². The molecule has 1 aliphatic heterocycles. The zero-order valence-corrected chi connectivity index (χ0v) is 14.6. The molecular weight excluding hydrogens is 296 g/mol. The van der Waals surface area contributed by atoms with Gasteiger partial charge in [0.15, 0.2) is 0 Å². The van der Waals surface area contributed by atoms with Crippen LogP contribution in [0.4, 0.5) is 0 Å². The first-order chi connectivity index (χ1) is 11.6. The van der Waals surface area contributed by atoms with E-state index in [-0.39, 0.29) is 5.91 Å². The molecular formula is C21H26N2O. The van der Waals surface area contributed by atoms with Crippen LogP contribution in [0.2, 0.25) is 0 Å². The minimum Gasteiger partial charge on any atom is -0.355 e. The van der Waals surface area contributed by atoms with Crippen molar-refractivity contribution in [3.05, 3.63) is 70.8 Å². The van der Waals surface area contributed by atoms with Crippen molar-refractivity contribution in [2.45, 2.75) is 38.8 Å². The molecule has 3 heteroatoms. The quantitative estimate of drug-likeness (QED) is 0.917. The number of nitrogens with one attached hydrogen (secondary N) is 1. The SMILES string of the molecule is Cc1ccc(CCC(=O)NC[C@@H]2Cc3ccccc3CN2C)cc1. The molecule has 0 unspecified atom stereocenters. The summed E-state index contributed by atoms with van der Waals surface area (Å²) in [6.07, 6.45) is 2.36. The van der Waals surface area contributed by atoms with Crippen LogP contribution in [0, 0.1) is 6.92 Å². The van der Waals surface area contributed by atoms with E-state index in [1.54, 1.807) is 0 Å². The summed E-state index contributed by atoms with van der Waals surface area (Å²) in [4.78, 5) is 14.5. The molecule has 126 valence electrons. The number of aryl methyl sites for hydroxylation is 2. The molecule has 1 atom stereocenters. The van der Waals surface area contributed by atoms with Gasteiger partial charge in [0.05, 0.1) is 0 Å². The van der Waals surface area contributed by atoms with Gasteiger partial charge >= 0.3 is 0 Å². The summed E-state index contributed by atoms with van der Waals surface area (Å²) < 4.78 is 0. The largest absolute Gasteiger partial charge is 0.355 e. The molecule has 2 aromatic rings. The van der Waals surface area contributed by atoms with E-state index in [0.717, 1.165) is 25.9 Å². The summed E-state index contributed by atoms with van der Waals surface area (Å²) in [5, 5.41) is 3.11. The van der Waals surface area contributed by atoms with Crippen LogP contribution in [0.3, 0.4) is 0 Å². The molecule has 0 radical (unpaired) electrons. The number of benzene rings is 2. The van der Waals surface area contributed by atoms with Gasteiger partial charge < -0.3 is 5.32 Å². The number of likely N-dealkylation sites (N-methyl/N-ethyl adjacent to an activating group) is 1. The van der Waals surface area contributed by atoms with Crippen molar-refractivity contribution >= 4 is 5.91 Å². The van der Waals surface area contributed by atoms with E-state index in [2.05, 4.69) is 72.7 Å². The third-order valence-electron chi connectivity index (χ3n) is 4.91. The number of hydrogen-bond donors (Lipinski definition) is 1. The van der Waals surface area contributed by atoms with Gasteiger partial charge in [0.1, 0.15) is 0 Å². The highest BCUT2D eigenvalue weighted by Gasteiger charge is 2.23. The molecule has 24 heavy (non-hydrogen) atoms. The molecule has 0 aromatic heterocycles. The molecule has 2 aromatic carbocycles. The fourth-order valence-electron chi connectivity index (χ4n) is 3.28. The average Bonchev–Trinajstić information content (AvgIpc) is 2.59. The molecule has 0 aliphatic carbocycles. The van der Waals surface area contributed by atoms with Crippen LogP contribution in [-0.4, -0.2) is 30.4 Å². The van der Waals surface area contributed by atoms with Gasteiger partial charge in [-0.3, -0.25) is 9.69 Å². The molecule has 3 nitrogen and oxygen atoms in total. The highest BCUT2D eigenvalue weighted by Crippen LogP contribution is 2.21. The minimum absolute atomic E-state index is 0.142. The summed E-state index contributed by atoms with van der Waals surface area (Å²) in [7, 11) is 2.14. The maximum absolute atomic E-state index is 12.1. The number of carbonyl (C=O) groups excluding carboxylic acids is 1. The topological polar surface area (TPSA) is 32.3 Å². The lowest BCUT2D eigenvalue weighted by molar-refractivity contribution is -0.121. The number of rotatable bonds is 5. The summed E-state index contributed by atoms with van der Waals surface area (Å²) in [6, 6.07) is 17.4. The van der Waals surface area contributed by atoms with Crippen LogP contribution < -0.4 is 5.32 Å². The second-order valence-corrected chi connectivity index (χ2v) is 6.83. The first kappa shape index (κ1) is 16.7.